The average molecular weight is 384 g/mol. The van der Waals surface area contributed by atoms with Crippen LogP contribution < -0.4 is 10.5 Å². The molecule has 0 atom stereocenters. The molecule has 5 nitrogen and oxygen atoms in total. The van der Waals surface area contributed by atoms with Crippen molar-refractivity contribution in [2.45, 2.75) is 17.7 Å². The Morgan fingerprint density at radius 1 is 1.17 bits per heavy atom. The van der Waals surface area contributed by atoms with Gasteiger partial charge in [-0.3, -0.25) is 0 Å². The van der Waals surface area contributed by atoms with Gasteiger partial charge < -0.3 is 5.32 Å². The van der Waals surface area contributed by atoms with E-state index < -0.39 is 10.0 Å². The summed E-state index contributed by atoms with van der Waals surface area (Å²) >= 11 is 12.0. The molecular weight excluding hydrogens is 369 g/mol. The molecule has 0 aromatic heterocycles. The second kappa shape index (κ2) is 7.86. The van der Waals surface area contributed by atoms with Gasteiger partial charge in [0.25, 0.3) is 0 Å². The molecule has 0 spiro atoms. The van der Waals surface area contributed by atoms with Crippen molar-refractivity contribution in [3.05, 3.63) is 57.6 Å². The summed E-state index contributed by atoms with van der Waals surface area (Å²) in [5.41, 5.74) is 1.78. The van der Waals surface area contributed by atoms with Crippen molar-refractivity contribution in [3.63, 3.8) is 0 Å². The van der Waals surface area contributed by atoms with Crippen LogP contribution in [0.15, 0.2) is 41.3 Å². The number of hydrogen-bond donors (Lipinski definition) is 2. The number of nitrogens with one attached hydrogen (secondary N) is 1. The predicted octanol–water partition coefficient (Wildman–Crippen LogP) is 3.56. The molecule has 24 heavy (non-hydrogen) atoms. The highest BCUT2D eigenvalue weighted by molar-refractivity contribution is 7.89. The summed E-state index contributed by atoms with van der Waals surface area (Å²) in [5.74, 6) is 0. The standard InChI is InChI=1S/C16H15Cl2N3O2S/c17-13-4-3-11(15(18)9-13)2-1-7-21-16-6-5-14(24(20,22)23)8-12(16)10-19/h3-6,8-9,21H,1-2,7H2,(H2,20,22,23). The fourth-order valence-electron chi connectivity index (χ4n) is 2.17. The van der Waals surface area contributed by atoms with E-state index >= 15 is 0 Å². The fourth-order valence-corrected chi connectivity index (χ4v) is 3.22. The first-order chi connectivity index (χ1) is 11.3. The maximum absolute atomic E-state index is 11.3. The highest BCUT2D eigenvalue weighted by atomic mass is 35.5. The molecule has 0 saturated carbocycles. The van der Waals surface area contributed by atoms with E-state index in [2.05, 4.69) is 5.32 Å². The van der Waals surface area contributed by atoms with E-state index in [1.807, 2.05) is 12.1 Å². The zero-order chi connectivity index (χ0) is 17.7. The normalized spacial score (nSPS) is 11.1. The van der Waals surface area contributed by atoms with Crippen LogP contribution >= 0.6 is 23.2 Å². The molecule has 0 bridgehead atoms. The molecule has 0 aliphatic heterocycles. The predicted molar refractivity (Wildman–Crippen MR) is 95.8 cm³/mol. The highest BCUT2D eigenvalue weighted by Gasteiger charge is 2.11. The van der Waals surface area contributed by atoms with Crippen LogP contribution in [-0.2, 0) is 16.4 Å². The Hall–Kier alpha value is -1.78. The monoisotopic (exact) mass is 383 g/mol. The summed E-state index contributed by atoms with van der Waals surface area (Å²) in [4.78, 5) is -0.0856. The number of benzene rings is 2. The van der Waals surface area contributed by atoms with Crippen LogP contribution in [0.25, 0.3) is 0 Å². The number of rotatable bonds is 6. The zero-order valence-electron chi connectivity index (χ0n) is 12.6. The summed E-state index contributed by atoms with van der Waals surface area (Å²) in [6.45, 7) is 0.600. The number of nitrogens with two attached hydrogens (primary N) is 1. The minimum Gasteiger partial charge on any atom is -0.384 e. The van der Waals surface area contributed by atoms with E-state index in [1.165, 1.54) is 18.2 Å². The number of sulfonamides is 1. The lowest BCUT2D eigenvalue weighted by atomic mass is 10.1. The summed E-state index contributed by atoms with van der Waals surface area (Å²) in [5, 5.41) is 18.5. The quantitative estimate of drug-likeness (QED) is 0.745. The van der Waals surface area contributed by atoms with E-state index in [0.717, 1.165) is 18.4 Å². The van der Waals surface area contributed by atoms with Gasteiger partial charge in [0.1, 0.15) is 6.07 Å². The van der Waals surface area contributed by atoms with Crippen LogP contribution in [0.5, 0.6) is 0 Å². The fraction of sp³-hybridized carbons (Fsp3) is 0.188. The molecular formula is C16H15Cl2N3O2S. The number of halogens is 2. The maximum Gasteiger partial charge on any atom is 0.238 e. The van der Waals surface area contributed by atoms with E-state index in [-0.39, 0.29) is 10.5 Å². The highest BCUT2D eigenvalue weighted by Crippen LogP contribution is 2.23. The van der Waals surface area contributed by atoms with Crippen molar-refractivity contribution in [2.24, 2.45) is 5.14 Å². The summed E-state index contributed by atoms with van der Waals surface area (Å²) in [6, 6.07) is 11.5. The van der Waals surface area contributed by atoms with E-state index in [1.54, 1.807) is 12.1 Å². The maximum atomic E-state index is 11.3. The Labute approximate surface area is 151 Å². The van der Waals surface area contributed by atoms with Gasteiger partial charge in [-0.1, -0.05) is 29.3 Å². The molecule has 0 aliphatic rings. The molecule has 0 aliphatic carbocycles. The van der Waals surface area contributed by atoms with Gasteiger partial charge in [-0.2, -0.15) is 5.26 Å². The molecule has 126 valence electrons. The molecule has 8 heteroatoms. The molecule has 0 amide bonds. The topological polar surface area (TPSA) is 96.0 Å². The van der Waals surface area contributed by atoms with E-state index in [0.29, 0.717) is 22.3 Å². The lowest BCUT2D eigenvalue weighted by molar-refractivity contribution is 0.598. The van der Waals surface area contributed by atoms with Crippen molar-refractivity contribution >= 4 is 38.9 Å². The first-order valence-corrected chi connectivity index (χ1v) is 9.36. The number of aryl methyl sites for hydroxylation is 1. The summed E-state index contributed by atoms with van der Waals surface area (Å²) < 4.78 is 22.6. The molecule has 0 radical (unpaired) electrons. The SMILES string of the molecule is N#Cc1cc(S(N)(=O)=O)ccc1NCCCc1ccc(Cl)cc1Cl. The van der Waals surface area contributed by atoms with Crippen LogP contribution in [0.2, 0.25) is 10.0 Å². The van der Waals surface area contributed by atoms with Crippen LogP contribution in [0, 0.1) is 11.3 Å². The Kier molecular flexibility index (Phi) is 6.08. The molecule has 2 aromatic rings. The van der Waals surface area contributed by atoms with Gasteiger partial charge in [0.05, 0.1) is 16.1 Å². The van der Waals surface area contributed by atoms with Crippen molar-refractivity contribution in [3.8, 4) is 6.07 Å². The number of hydrogen-bond acceptors (Lipinski definition) is 4. The Morgan fingerprint density at radius 2 is 1.92 bits per heavy atom. The summed E-state index contributed by atoms with van der Waals surface area (Å²) in [6.07, 6.45) is 1.53. The first-order valence-electron chi connectivity index (χ1n) is 7.06. The first kappa shape index (κ1) is 18.6. The number of anilines is 1. The number of primary sulfonamides is 1. The third-order valence-corrected chi connectivity index (χ3v) is 4.89. The van der Waals surface area contributed by atoms with Crippen LogP contribution in [0.1, 0.15) is 17.5 Å². The van der Waals surface area contributed by atoms with Crippen LogP contribution in [0.4, 0.5) is 5.69 Å². The van der Waals surface area contributed by atoms with Gasteiger partial charge in [0, 0.05) is 16.6 Å². The van der Waals surface area contributed by atoms with Gasteiger partial charge in [-0.05, 0) is 48.7 Å². The molecule has 0 saturated heterocycles. The van der Waals surface area contributed by atoms with E-state index in [4.69, 9.17) is 33.6 Å². The third kappa shape index (κ3) is 4.86. The Bertz CT molecular complexity index is 893. The minimum atomic E-state index is -3.83. The lowest BCUT2D eigenvalue weighted by Crippen LogP contribution is -2.13. The molecule has 0 heterocycles. The number of nitriles is 1. The second-order valence-electron chi connectivity index (χ2n) is 5.13. The van der Waals surface area contributed by atoms with Crippen LogP contribution in [0.3, 0.4) is 0 Å². The molecule has 2 rings (SSSR count). The third-order valence-electron chi connectivity index (χ3n) is 3.39. The van der Waals surface area contributed by atoms with Crippen molar-refractivity contribution < 1.29 is 8.42 Å². The lowest BCUT2D eigenvalue weighted by Gasteiger charge is -2.10. The van der Waals surface area contributed by atoms with Gasteiger partial charge in [0.2, 0.25) is 10.0 Å². The molecule has 0 unspecified atom stereocenters. The number of nitrogens with zero attached hydrogens (tertiary/aromatic N) is 1. The van der Waals surface area contributed by atoms with Crippen molar-refractivity contribution in [1.82, 2.24) is 0 Å². The van der Waals surface area contributed by atoms with Gasteiger partial charge >= 0.3 is 0 Å². The van der Waals surface area contributed by atoms with Crippen molar-refractivity contribution in [1.29, 1.82) is 5.26 Å². The zero-order valence-corrected chi connectivity index (χ0v) is 14.9. The molecule has 0 fully saturated rings. The van der Waals surface area contributed by atoms with Crippen LogP contribution in [-0.4, -0.2) is 15.0 Å². The van der Waals surface area contributed by atoms with Gasteiger partial charge in [-0.25, -0.2) is 13.6 Å². The molecule has 3 N–H and O–H groups in total. The minimum absolute atomic E-state index is 0.0856. The van der Waals surface area contributed by atoms with E-state index in [9.17, 15) is 8.42 Å². The van der Waals surface area contributed by atoms with Crippen molar-refractivity contribution in [2.75, 3.05) is 11.9 Å². The smallest absolute Gasteiger partial charge is 0.238 e. The molecule has 2 aromatic carbocycles. The average Bonchev–Trinajstić information content (AvgIpc) is 2.52. The second-order valence-corrected chi connectivity index (χ2v) is 7.54. The largest absolute Gasteiger partial charge is 0.384 e. The Morgan fingerprint density at radius 3 is 2.54 bits per heavy atom. The summed E-state index contributed by atoms with van der Waals surface area (Å²) in [7, 11) is -3.83. The Balaban J connectivity index is 1.98. The van der Waals surface area contributed by atoms with Gasteiger partial charge in [-0.15, -0.1) is 0 Å². The van der Waals surface area contributed by atoms with Gasteiger partial charge in [0.15, 0.2) is 0 Å².